The molecule has 1 rings (SSSR count). The third-order valence-corrected chi connectivity index (χ3v) is 5.70. The standard InChI is InChI=1S/C17H30N2O3S.ClH/c1-12(2)16(18)9-10-19(6)23(20,21)15-7-8-17(14(5)11-15)22-13(3)4;/h7-8,11-13,16H,9-10,18H2,1-6H3;1H. The Bertz CT molecular complexity index is 618. The van der Waals surface area contributed by atoms with Crippen LogP contribution in [0.4, 0.5) is 0 Å². The molecule has 0 aliphatic rings. The lowest BCUT2D eigenvalue weighted by atomic mass is 10.0. The Kier molecular flexibility index (Phi) is 9.28. The van der Waals surface area contributed by atoms with Gasteiger partial charge in [0.25, 0.3) is 0 Å². The van der Waals surface area contributed by atoms with Crippen LogP contribution in [0.5, 0.6) is 5.75 Å². The number of aryl methyl sites for hydroxylation is 1. The summed E-state index contributed by atoms with van der Waals surface area (Å²) in [7, 11) is -1.91. The summed E-state index contributed by atoms with van der Waals surface area (Å²) in [5.74, 6) is 1.05. The number of sulfonamides is 1. The van der Waals surface area contributed by atoms with Gasteiger partial charge in [-0.2, -0.15) is 0 Å². The van der Waals surface area contributed by atoms with Crippen molar-refractivity contribution in [3.05, 3.63) is 23.8 Å². The van der Waals surface area contributed by atoms with Crippen LogP contribution in [0, 0.1) is 12.8 Å². The van der Waals surface area contributed by atoms with Crippen LogP contribution in [0.1, 0.15) is 39.7 Å². The molecule has 140 valence electrons. The number of halogens is 1. The van der Waals surface area contributed by atoms with E-state index in [4.69, 9.17) is 10.5 Å². The van der Waals surface area contributed by atoms with Crippen molar-refractivity contribution in [2.75, 3.05) is 13.6 Å². The quantitative estimate of drug-likeness (QED) is 0.753. The summed E-state index contributed by atoms with van der Waals surface area (Å²) < 4.78 is 32.3. The summed E-state index contributed by atoms with van der Waals surface area (Å²) in [6.07, 6.45) is 0.692. The van der Waals surface area contributed by atoms with Crippen LogP contribution in [0.2, 0.25) is 0 Å². The molecule has 1 unspecified atom stereocenters. The molecule has 0 saturated heterocycles. The third kappa shape index (κ3) is 6.24. The van der Waals surface area contributed by atoms with Crippen molar-refractivity contribution in [2.24, 2.45) is 11.7 Å². The second-order valence-corrected chi connectivity index (χ2v) is 8.66. The van der Waals surface area contributed by atoms with E-state index < -0.39 is 10.0 Å². The van der Waals surface area contributed by atoms with E-state index >= 15 is 0 Å². The van der Waals surface area contributed by atoms with Crippen LogP contribution in [-0.2, 0) is 10.0 Å². The van der Waals surface area contributed by atoms with Gasteiger partial charge in [-0.25, -0.2) is 12.7 Å². The molecule has 0 aliphatic heterocycles. The number of rotatable bonds is 8. The van der Waals surface area contributed by atoms with Crippen molar-refractivity contribution in [1.29, 1.82) is 0 Å². The molecule has 2 N–H and O–H groups in total. The molecule has 0 heterocycles. The highest BCUT2D eigenvalue weighted by molar-refractivity contribution is 7.89. The van der Waals surface area contributed by atoms with Gasteiger partial charge in [0.15, 0.2) is 0 Å². The van der Waals surface area contributed by atoms with Crippen LogP contribution < -0.4 is 10.5 Å². The SMILES string of the molecule is Cc1cc(S(=O)(=O)N(C)CCC(N)C(C)C)ccc1OC(C)C.Cl. The first-order chi connectivity index (χ1) is 10.6. The van der Waals surface area contributed by atoms with Crippen molar-refractivity contribution in [2.45, 2.75) is 58.1 Å². The maximum atomic E-state index is 12.6. The average Bonchev–Trinajstić information content (AvgIpc) is 2.45. The van der Waals surface area contributed by atoms with Crippen LogP contribution in [-0.4, -0.2) is 38.5 Å². The van der Waals surface area contributed by atoms with Crippen molar-refractivity contribution >= 4 is 22.4 Å². The average molecular weight is 379 g/mol. The van der Waals surface area contributed by atoms with E-state index in [1.165, 1.54) is 4.31 Å². The normalized spacial score (nSPS) is 13.2. The molecule has 0 saturated carbocycles. The number of ether oxygens (including phenoxy) is 1. The monoisotopic (exact) mass is 378 g/mol. The van der Waals surface area contributed by atoms with E-state index in [1.807, 2.05) is 34.6 Å². The van der Waals surface area contributed by atoms with Gasteiger partial charge in [-0.15, -0.1) is 12.4 Å². The van der Waals surface area contributed by atoms with Crippen molar-refractivity contribution < 1.29 is 13.2 Å². The second-order valence-electron chi connectivity index (χ2n) is 6.62. The van der Waals surface area contributed by atoms with E-state index in [-0.39, 0.29) is 29.4 Å². The Labute approximate surface area is 153 Å². The van der Waals surface area contributed by atoms with Gasteiger partial charge in [0.2, 0.25) is 10.0 Å². The molecular weight excluding hydrogens is 348 g/mol. The van der Waals surface area contributed by atoms with Crippen LogP contribution >= 0.6 is 12.4 Å². The molecule has 0 amide bonds. The first-order valence-corrected chi connectivity index (χ1v) is 9.49. The minimum Gasteiger partial charge on any atom is -0.491 e. The van der Waals surface area contributed by atoms with Gasteiger partial charge in [0.05, 0.1) is 11.0 Å². The molecule has 0 radical (unpaired) electrons. The van der Waals surface area contributed by atoms with Crippen molar-refractivity contribution in [1.82, 2.24) is 4.31 Å². The van der Waals surface area contributed by atoms with Gasteiger partial charge < -0.3 is 10.5 Å². The highest BCUT2D eigenvalue weighted by atomic mass is 35.5. The molecule has 0 spiro atoms. The molecule has 7 heteroatoms. The number of nitrogens with zero attached hydrogens (tertiary/aromatic N) is 1. The zero-order chi connectivity index (χ0) is 17.8. The first-order valence-electron chi connectivity index (χ1n) is 8.05. The van der Waals surface area contributed by atoms with Gasteiger partial charge in [-0.05, 0) is 56.9 Å². The Morgan fingerprint density at radius 3 is 2.25 bits per heavy atom. The van der Waals surface area contributed by atoms with Gasteiger partial charge in [0.1, 0.15) is 5.75 Å². The summed E-state index contributed by atoms with van der Waals surface area (Å²) in [5.41, 5.74) is 6.81. The highest BCUT2D eigenvalue weighted by Crippen LogP contribution is 2.24. The molecule has 0 bridgehead atoms. The summed E-state index contributed by atoms with van der Waals surface area (Å²) in [6.45, 7) is 10.2. The summed E-state index contributed by atoms with van der Waals surface area (Å²) in [4.78, 5) is 0.284. The van der Waals surface area contributed by atoms with Crippen LogP contribution in [0.15, 0.2) is 23.1 Å². The maximum absolute atomic E-state index is 12.6. The molecule has 1 aromatic carbocycles. The smallest absolute Gasteiger partial charge is 0.242 e. The number of benzene rings is 1. The molecule has 0 aliphatic carbocycles. The Hall–Kier alpha value is -0.820. The van der Waals surface area contributed by atoms with E-state index in [2.05, 4.69) is 0 Å². The van der Waals surface area contributed by atoms with Crippen molar-refractivity contribution in [3.8, 4) is 5.75 Å². The first kappa shape index (κ1) is 23.2. The lowest BCUT2D eigenvalue weighted by Gasteiger charge is -2.22. The zero-order valence-electron chi connectivity index (χ0n) is 15.4. The molecule has 5 nitrogen and oxygen atoms in total. The minimum absolute atomic E-state index is 0. The minimum atomic E-state index is -3.51. The van der Waals surface area contributed by atoms with Crippen LogP contribution in [0.3, 0.4) is 0 Å². The fourth-order valence-electron chi connectivity index (χ4n) is 2.13. The van der Waals surface area contributed by atoms with Crippen LogP contribution in [0.25, 0.3) is 0 Å². The lowest BCUT2D eigenvalue weighted by molar-refractivity contribution is 0.240. The fourth-order valence-corrected chi connectivity index (χ4v) is 3.40. The van der Waals surface area contributed by atoms with E-state index in [1.54, 1.807) is 25.2 Å². The molecule has 0 fully saturated rings. The number of nitrogens with two attached hydrogens (primary N) is 1. The predicted molar refractivity (Wildman–Crippen MR) is 101 cm³/mol. The summed E-state index contributed by atoms with van der Waals surface area (Å²) in [5, 5.41) is 0. The summed E-state index contributed by atoms with van der Waals surface area (Å²) in [6, 6.07) is 4.97. The molecule has 0 aromatic heterocycles. The highest BCUT2D eigenvalue weighted by Gasteiger charge is 2.22. The molecule has 1 aromatic rings. The fraction of sp³-hybridized carbons (Fsp3) is 0.647. The van der Waals surface area contributed by atoms with E-state index in [0.29, 0.717) is 24.6 Å². The largest absolute Gasteiger partial charge is 0.491 e. The third-order valence-electron chi connectivity index (χ3n) is 3.85. The van der Waals surface area contributed by atoms with Gasteiger partial charge in [0, 0.05) is 19.6 Å². The predicted octanol–water partition coefficient (Wildman–Crippen LogP) is 3.20. The van der Waals surface area contributed by atoms with Gasteiger partial charge in [-0.3, -0.25) is 0 Å². The molecular formula is C17H31ClN2O3S. The Morgan fingerprint density at radius 2 is 1.79 bits per heavy atom. The maximum Gasteiger partial charge on any atom is 0.242 e. The van der Waals surface area contributed by atoms with Crippen molar-refractivity contribution in [3.63, 3.8) is 0 Å². The van der Waals surface area contributed by atoms with E-state index in [0.717, 1.165) is 5.56 Å². The van der Waals surface area contributed by atoms with Gasteiger partial charge in [-0.1, -0.05) is 13.8 Å². The molecule has 24 heavy (non-hydrogen) atoms. The number of hydrogen-bond donors (Lipinski definition) is 1. The summed E-state index contributed by atoms with van der Waals surface area (Å²) >= 11 is 0. The second kappa shape index (κ2) is 9.61. The van der Waals surface area contributed by atoms with E-state index in [9.17, 15) is 8.42 Å². The van der Waals surface area contributed by atoms with Gasteiger partial charge >= 0.3 is 0 Å². The Balaban J connectivity index is 0.00000529. The molecule has 1 atom stereocenters. The topological polar surface area (TPSA) is 72.6 Å². The lowest BCUT2D eigenvalue weighted by Crippen LogP contribution is -2.34. The number of hydrogen-bond acceptors (Lipinski definition) is 4. The zero-order valence-corrected chi connectivity index (χ0v) is 17.1. The Morgan fingerprint density at radius 1 is 1.21 bits per heavy atom.